The molecule has 0 saturated carbocycles. The van der Waals surface area contributed by atoms with Crippen molar-refractivity contribution in [1.82, 2.24) is 14.9 Å². The summed E-state index contributed by atoms with van der Waals surface area (Å²) in [7, 11) is 1.12. The lowest BCUT2D eigenvalue weighted by atomic mass is 10.2. The van der Waals surface area contributed by atoms with E-state index in [4.69, 9.17) is 4.52 Å². The van der Waals surface area contributed by atoms with Crippen LogP contribution < -0.4 is 10.6 Å². The minimum absolute atomic E-state index is 0.00466. The molecule has 4 rings (SSSR count). The second-order valence-corrected chi connectivity index (χ2v) is 9.99. The van der Waals surface area contributed by atoms with Crippen molar-refractivity contribution in [2.75, 3.05) is 24.7 Å². The Hall–Kier alpha value is -2.76. The highest BCUT2D eigenvalue weighted by molar-refractivity contribution is 7.52. The van der Waals surface area contributed by atoms with Gasteiger partial charge in [-0.15, -0.1) is 0 Å². The van der Waals surface area contributed by atoms with E-state index in [2.05, 4.69) is 22.5 Å². The number of amides is 1. The standard InChI is InChI=1S/C20H28N3O3P.C5H5N/c1-4-5-11-27(3)26-20(25)18-13-14-12-15(8-9-17(14)23(18)2)22-19(24)16-7-6-10-21-16;1-2-4-6-5-3-1/h8-9,12-13,16,21H,4-7,10-11H2,1-3H3,(H,22,24);1-5H/t16-,27?;/m0./s1. The van der Waals surface area contributed by atoms with Crippen molar-refractivity contribution in [3.05, 3.63) is 60.6 Å². The van der Waals surface area contributed by atoms with E-state index in [1.54, 1.807) is 12.4 Å². The molecule has 3 heterocycles. The van der Waals surface area contributed by atoms with Crippen molar-refractivity contribution in [3.63, 3.8) is 0 Å². The number of carbonyl (C=O) groups is 2. The lowest BCUT2D eigenvalue weighted by Gasteiger charge is -2.12. The Morgan fingerprint density at radius 1 is 1.24 bits per heavy atom. The zero-order chi connectivity index (χ0) is 23.6. The van der Waals surface area contributed by atoms with Gasteiger partial charge in [0, 0.05) is 42.2 Å². The van der Waals surface area contributed by atoms with Crippen molar-refractivity contribution in [2.24, 2.45) is 7.05 Å². The molecule has 1 aliphatic rings. The molecular weight excluding hydrogens is 435 g/mol. The van der Waals surface area contributed by atoms with Gasteiger partial charge in [0.15, 0.2) is 0 Å². The normalized spacial score (nSPS) is 16.0. The number of aromatic nitrogens is 2. The van der Waals surface area contributed by atoms with Crippen LogP contribution in [0.25, 0.3) is 10.9 Å². The lowest BCUT2D eigenvalue weighted by Crippen LogP contribution is -2.35. The summed E-state index contributed by atoms with van der Waals surface area (Å²) in [5.74, 6) is -0.283. The number of anilines is 1. The summed E-state index contributed by atoms with van der Waals surface area (Å²) in [6.07, 6.45) is 8.51. The molecule has 1 saturated heterocycles. The molecule has 8 heteroatoms. The van der Waals surface area contributed by atoms with Gasteiger partial charge in [-0.3, -0.25) is 9.78 Å². The molecule has 0 spiro atoms. The smallest absolute Gasteiger partial charge is 0.357 e. The van der Waals surface area contributed by atoms with Crippen LogP contribution in [0.15, 0.2) is 54.9 Å². The molecule has 2 atom stereocenters. The molecule has 0 bridgehead atoms. The van der Waals surface area contributed by atoms with Crippen LogP contribution in [-0.2, 0) is 16.4 Å². The van der Waals surface area contributed by atoms with Gasteiger partial charge < -0.3 is 19.7 Å². The molecule has 1 fully saturated rings. The highest BCUT2D eigenvalue weighted by atomic mass is 31.1. The highest BCUT2D eigenvalue weighted by Crippen LogP contribution is 2.35. The second kappa shape index (κ2) is 12.5. The summed E-state index contributed by atoms with van der Waals surface area (Å²) < 4.78 is 7.49. The van der Waals surface area contributed by atoms with Crippen molar-refractivity contribution >= 4 is 36.6 Å². The number of carbonyl (C=O) groups excluding carboxylic acids is 2. The van der Waals surface area contributed by atoms with Gasteiger partial charge in [0.05, 0.1) is 14.2 Å². The summed E-state index contributed by atoms with van der Waals surface area (Å²) in [5, 5.41) is 7.08. The lowest BCUT2D eigenvalue weighted by molar-refractivity contribution is -0.117. The molecule has 1 aromatic carbocycles. The largest absolute Gasteiger partial charge is 0.441 e. The number of fused-ring (bicyclic) bond motifs is 1. The van der Waals surface area contributed by atoms with Crippen molar-refractivity contribution in [1.29, 1.82) is 0 Å². The zero-order valence-electron chi connectivity index (χ0n) is 19.6. The van der Waals surface area contributed by atoms with E-state index >= 15 is 0 Å². The molecule has 0 radical (unpaired) electrons. The molecule has 2 aromatic heterocycles. The van der Waals surface area contributed by atoms with Gasteiger partial charge >= 0.3 is 5.97 Å². The summed E-state index contributed by atoms with van der Waals surface area (Å²) in [6.45, 7) is 5.02. The van der Waals surface area contributed by atoms with Crippen LogP contribution in [0.3, 0.4) is 0 Å². The van der Waals surface area contributed by atoms with E-state index in [1.807, 2.05) is 60.7 Å². The van der Waals surface area contributed by atoms with Crippen LogP contribution >= 0.6 is 8.15 Å². The van der Waals surface area contributed by atoms with Gasteiger partial charge in [0.25, 0.3) is 0 Å². The van der Waals surface area contributed by atoms with E-state index in [0.29, 0.717) is 5.69 Å². The first-order valence-electron chi connectivity index (χ1n) is 11.4. The van der Waals surface area contributed by atoms with Gasteiger partial charge in [-0.1, -0.05) is 19.4 Å². The fourth-order valence-electron chi connectivity index (χ4n) is 3.69. The van der Waals surface area contributed by atoms with Gasteiger partial charge in [-0.2, -0.15) is 0 Å². The summed E-state index contributed by atoms with van der Waals surface area (Å²) in [4.78, 5) is 28.6. The van der Waals surface area contributed by atoms with Crippen LogP contribution in [0, 0.1) is 0 Å². The molecule has 176 valence electrons. The average molecular weight is 469 g/mol. The topological polar surface area (TPSA) is 85.2 Å². The fraction of sp³-hybridized carbons (Fsp3) is 0.400. The number of unbranched alkanes of at least 4 members (excludes halogenated alkanes) is 1. The highest BCUT2D eigenvalue weighted by Gasteiger charge is 2.22. The predicted octanol–water partition coefficient (Wildman–Crippen LogP) is 4.93. The Morgan fingerprint density at radius 3 is 2.64 bits per heavy atom. The summed E-state index contributed by atoms with van der Waals surface area (Å²) >= 11 is 0. The molecule has 1 aliphatic heterocycles. The minimum atomic E-state index is -0.741. The van der Waals surface area contributed by atoms with E-state index in [9.17, 15) is 9.59 Å². The zero-order valence-corrected chi connectivity index (χ0v) is 20.5. The van der Waals surface area contributed by atoms with E-state index in [-0.39, 0.29) is 17.9 Å². The summed E-state index contributed by atoms with van der Waals surface area (Å²) in [6, 6.07) is 13.1. The van der Waals surface area contributed by atoms with Gasteiger partial charge in [-0.25, -0.2) is 4.79 Å². The van der Waals surface area contributed by atoms with E-state index < -0.39 is 8.15 Å². The Kier molecular flexibility index (Phi) is 9.40. The van der Waals surface area contributed by atoms with Crippen LogP contribution in [0.5, 0.6) is 0 Å². The number of nitrogens with one attached hydrogen (secondary N) is 2. The van der Waals surface area contributed by atoms with Gasteiger partial charge in [0.1, 0.15) is 5.69 Å². The van der Waals surface area contributed by atoms with Crippen molar-refractivity contribution in [2.45, 2.75) is 38.6 Å². The quantitative estimate of drug-likeness (QED) is 0.480. The average Bonchev–Trinajstić information content (AvgIpc) is 3.48. The predicted molar refractivity (Wildman–Crippen MR) is 135 cm³/mol. The van der Waals surface area contributed by atoms with E-state index in [1.165, 1.54) is 0 Å². The number of hydrogen-bond acceptors (Lipinski definition) is 5. The van der Waals surface area contributed by atoms with Gasteiger partial charge in [-0.05, 0) is 68.9 Å². The molecule has 2 N–H and O–H groups in total. The molecule has 7 nitrogen and oxygen atoms in total. The van der Waals surface area contributed by atoms with Crippen LogP contribution in [-0.4, -0.2) is 46.8 Å². The third-order valence-corrected chi connectivity index (χ3v) is 6.95. The number of nitrogens with zero attached hydrogens (tertiary/aromatic N) is 2. The van der Waals surface area contributed by atoms with Crippen LogP contribution in [0.4, 0.5) is 5.69 Å². The molecular formula is C25H33N4O3P. The minimum Gasteiger partial charge on any atom is -0.441 e. The SMILES string of the molecule is CCCCP(C)OC(=O)c1cc2cc(NC(=O)[C@@H]3CCCN3)ccc2n1C.c1ccncc1. The van der Waals surface area contributed by atoms with Crippen molar-refractivity contribution < 1.29 is 14.1 Å². The molecule has 1 amide bonds. The third-order valence-electron chi connectivity index (χ3n) is 5.53. The Balaban J connectivity index is 0.000000442. The van der Waals surface area contributed by atoms with Crippen LogP contribution in [0.1, 0.15) is 43.1 Å². The number of aryl methyl sites for hydroxylation is 1. The molecule has 0 aliphatic carbocycles. The number of rotatable bonds is 7. The molecule has 3 aromatic rings. The first kappa shape index (κ1) is 24.9. The van der Waals surface area contributed by atoms with Gasteiger partial charge in [0.2, 0.25) is 5.91 Å². The fourth-order valence-corrected chi connectivity index (χ4v) is 4.92. The van der Waals surface area contributed by atoms with Crippen molar-refractivity contribution in [3.8, 4) is 0 Å². The maximum absolute atomic E-state index is 12.5. The number of hydrogen-bond donors (Lipinski definition) is 2. The second-order valence-electron chi connectivity index (χ2n) is 8.11. The maximum atomic E-state index is 12.5. The molecule has 1 unspecified atom stereocenters. The van der Waals surface area contributed by atoms with E-state index in [0.717, 1.165) is 55.0 Å². The Bertz CT molecular complexity index is 1020. The Morgan fingerprint density at radius 2 is 2.03 bits per heavy atom. The van der Waals surface area contributed by atoms with Crippen LogP contribution in [0.2, 0.25) is 0 Å². The Labute approximate surface area is 196 Å². The summed E-state index contributed by atoms with van der Waals surface area (Å²) in [5.41, 5.74) is 2.22. The maximum Gasteiger partial charge on any atom is 0.357 e. The first-order chi connectivity index (χ1) is 16.0. The first-order valence-corrected chi connectivity index (χ1v) is 13.3. The monoisotopic (exact) mass is 468 g/mol. The number of benzene rings is 1. The number of pyridine rings is 1. The molecule has 33 heavy (non-hydrogen) atoms. The third kappa shape index (κ3) is 7.11.